The Morgan fingerprint density at radius 1 is 0.280 bits per heavy atom. The van der Waals surface area contributed by atoms with Crippen LogP contribution in [0.15, 0.2) is 243 Å². The van der Waals surface area contributed by atoms with Gasteiger partial charge < -0.3 is 28.9 Å². The second kappa shape index (κ2) is 28.7. The van der Waals surface area contributed by atoms with Gasteiger partial charge in [-0.25, -0.2) is 29.1 Å². The van der Waals surface area contributed by atoms with Crippen LogP contribution < -0.4 is 31.2 Å². The van der Waals surface area contributed by atoms with Crippen LogP contribution in [0.2, 0.25) is 0 Å². The number of rotatable bonds is 16. The van der Waals surface area contributed by atoms with Gasteiger partial charge in [0.05, 0.1) is 45.5 Å². The third-order valence-corrected chi connectivity index (χ3v) is 15.2. The van der Waals surface area contributed by atoms with Crippen LogP contribution in [0.25, 0.3) is 90.9 Å². The number of hydrogen-bond donors (Lipinski definition) is 4. The summed E-state index contributed by atoms with van der Waals surface area (Å²) in [6.45, 7) is 0.142. The van der Waals surface area contributed by atoms with Crippen molar-refractivity contribution in [1.29, 1.82) is 0 Å². The molecule has 3 aromatic heterocycles. The summed E-state index contributed by atoms with van der Waals surface area (Å²) in [5, 5.41) is 12.0. The van der Waals surface area contributed by atoms with Crippen LogP contribution in [-0.4, -0.2) is 34.3 Å². The molecule has 4 N–H and O–H groups in total. The Morgan fingerprint density at radius 3 is 0.710 bits per heavy atom. The molecule has 0 saturated carbocycles. The van der Waals surface area contributed by atoms with Crippen LogP contribution >= 0.6 is 0 Å². The Bertz CT molecular complexity index is 4210. The Labute approximate surface area is 547 Å². The van der Waals surface area contributed by atoms with E-state index in [0.29, 0.717) is 112 Å². The summed E-state index contributed by atoms with van der Waals surface area (Å²) in [7, 11) is 0. The molecule has 17 heteroatoms. The maximum absolute atomic E-state index is 13.8. The molecule has 0 fully saturated rings. The standard InChI is InChI=1S/C76H58N8O8.Zn/c85-73(89-45-49-21-5-1-6-22-49)81-57-33-17-13-29-53(57)69-61-37-39-63(77-61)70(54-30-14-18-34-58(54)82-74(86)90-46-50-23-7-2-8-24-50)65-41-43-67(79-65)72(56-32-16-20-36-60(56)84-76(88)92-48-52-27-11-4-12-28-52)68-44-42-66(80-68)71(64-40-38-62(69)78-64)55-31-15-19-35-59(55)83-75(87)91-47-51-25-9-3-10-26-51;/h1-44H,45-48H2,(H6,77,78,79,80,81,82,83,84,85,86,87,88);/q;+2/p-2. The molecule has 8 bridgehead atoms. The molecule has 0 atom stereocenters. The molecule has 93 heavy (non-hydrogen) atoms. The summed E-state index contributed by atoms with van der Waals surface area (Å²) < 4.78 is 23.1. The number of nitrogens with zero attached hydrogens (tertiary/aromatic N) is 4. The molecular weight excluding hydrogens is 1220 g/mol. The van der Waals surface area contributed by atoms with Gasteiger partial charge in [0, 0.05) is 22.3 Å². The van der Waals surface area contributed by atoms with E-state index in [9.17, 15) is 19.2 Å². The summed E-state index contributed by atoms with van der Waals surface area (Å²) in [6, 6.07) is 74.5. The van der Waals surface area contributed by atoms with Crippen molar-refractivity contribution in [3.05, 3.63) is 288 Å². The quantitative estimate of drug-likeness (QED) is 0.0526. The molecule has 0 unspecified atom stereocenters. The van der Waals surface area contributed by atoms with Gasteiger partial charge in [0.1, 0.15) is 26.4 Å². The fourth-order valence-corrected chi connectivity index (χ4v) is 10.9. The maximum atomic E-state index is 13.8. The molecule has 4 amide bonds. The topological polar surface area (TPSA) is 207 Å². The Hall–Kier alpha value is -11.9. The van der Waals surface area contributed by atoms with Crippen molar-refractivity contribution < 1.29 is 57.6 Å². The smallest absolute Gasteiger partial charge is 0.657 e. The Kier molecular flexibility index (Phi) is 18.9. The molecule has 0 spiro atoms. The molecule has 0 saturated heterocycles. The second-order valence-electron chi connectivity index (χ2n) is 21.3. The van der Waals surface area contributed by atoms with Crippen molar-refractivity contribution in [3.63, 3.8) is 0 Å². The van der Waals surface area contributed by atoms with Gasteiger partial charge in [-0.1, -0.05) is 218 Å². The van der Waals surface area contributed by atoms with Gasteiger partial charge in [-0.15, -0.1) is 22.1 Å². The summed E-state index contributed by atoms with van der Waals surface area (Å²) in [4.78, 5) is 77.2. The normalized spacial score (nSPS) is 11.2. The molecule has 13 rings (SSSR count). The number of nitrogens with one attached hydrogen (secondary N) is 4. The number of carbonyl (C=O) groups excluding carboxylic acids is 4. The zero-order valence-corrected chi connectivity index (χ0v) is 53.0. The summed E-state index contributed by atoms with van der Waals surface area (Å²) in [6.07, 6.45) is 4.78. The third kappa shape index (κ3) is 14.4. The van der Waals surface area contributed by atoms with E-state index in [1.54, 1.807) is 24.3 Å². The minimum absolute atomic E-state index is 0. The van der Waals surface area contributed by atoms with Crippen LogP contribution in [0.1, 0.15) is 45.0 Å². The molecule has 2 aliphatic rings. The monoisotopic (exact) mass is 1270 g/mol. The molecule has 0 radical (unpaired) electrons. The SMILES string of the molecule is O=C(Nc1ccccc1-c1c2nc(c(-c3ccccc3NC(=O)OCc3ccccc3)c3ccc([n-]3)c(-c3ccccc3NC(=O)OCc3ccccc3)c3nc(c(-c4ccccc4NC(=O)OCc4ccccc4)c4ccc1[n-]4)C=C3)C=C2)OCc1ccccc1.[Zn+2]. The number of para-hydroxylation sites is 4. The molecule has 450 valence electrons. The molecule has 16 nitrogen and oxygen atoms in total. The van der Waals surface area contributed by atoms with Crippen molar-refractivity contribution in [1.82, 2.24) is 19.9 Å². The van der Waals surface area contributed by atoms with E-state index in [4.69, 9.17) is 38.9 Å². The zero-order valence-electron chi connectivity index (χ0n) is 50.0. The fourth-order valence-electron chi connectivity index (χ4n) is 10.9. The number of amides is 4. The number of fused-ring (bicyclic) bond motifs is 8. The molecule has 2 aliphatic heterocycles. The van der Waals surface area contributed by atoms with Crippen molar-refractivity contribution in [2.24, 2.45) is 0 Å². The third-order valence-electron chi connectivity index (χ3n) is 15.2. The average Bonchev–Trinajstić information content (AvgIpc) is 1.66. The molecule has 5 heterocycles. The minimum atomic E-state index is -0.680. The first-order valence-corrected chi connectivity index (χ1v) is 29.6. The van der Waals surface area contributed by atoms with Crippen LogP contribution in [0, 0.1) is 0 Å². The van der Waals surface area contributed by atoms with Crippen LogP contribution in [0.4, 0.5) is 41.9 Å². The fraction of sp³-hybridized carbons (Fsp3) is 0.0526. The summed E-state index contributed by atoms with van der Waals surface area (Å²) >= 11 is 0. The van der Waals surface area contributed by atoms with Crippen molar-refractivity contribution in [2.75, 3.05) is 21.3 Å². The minimum Gasteiger partial charge on any atom is -0.657 e. The first-order chi connectivity index (χ1) is 45.2. The van der Waals surface area contributed by atoms with Gasteiger partial charge >= 0.3 is 43.9 Å². The molecular formula is C76H56N8O8Zn. The number of carbonyl (C=O) groups is 4. The van der Waals surface area contributed by atoms with Gasteiger partial charge in [-0.2, -0.15) is 0 Å². The van der Waals surface area contributed by atoms with Gasteiger partial charge in [0.2, 0.25) is 0 Å². The van der Waals surface area contributed by atoms with Gasteiger partial charge in [-0.3, -0.25) is 21.3 Å². The summed E-state index contributed by atoms with van der Waals surface area (Å²) in [5.74, 6) is 0. The van der Waals surface area contributed by atoms with Gasteiger partial charge in [-0.05, 0) is 93.1 Å². The molecule has 8 aromatic carbocycles. The Morgan fingerprint density at radius 2 is 0.484 bits per heavy atom. The van der Waals surface area contributed by atoms with E-state index in [-0.39, 0.29) is 45.9 Å². The van der Waals surface area contributed by atoms with Crippen molar-refractivity contribution in [3.8, 4) is 44.5 Å². The van der Waals surface area contributed by atoms with E-state index in [0.717, 1.165) is 22.3 Å². The average molecular weight is 1270 g/mol. The largest absolute Gasteiger partial charge is 2.00 e. The van der Waals surface area contributed by atoms with Crippen LogP contribution in [0.5, 0.6) is 0 Å². The van der Waals surface area contributed by atoms with Crippen molar-refractivity contribution in [2.45, 2.75) is 26.4 Å². The van der Waals surface area contributed by atoms with Gasteiger partial charge in [0.15, 0.2) is 0 Å². The first-order valence-electron chi connectivity index (χ1n) is 29.6. The number of benzene rings is 8. The van der Waals surface area contributed by atoms with E-state index in [2.05, 4.69) is 21.3 Å². The van der Waals surface area contributed by atoms with E-state index >= 15 is 0 Å². The van der Waals surface area contributed by atoms with Gasteiger partial charge in [0.25, 0.3) is 0 Å². The van der Waals surface area contributed by atoms with E-state index in [1.807, 2.05) is 243 Å². The number of hydrogen-bond acceptors (Lipinski definition) is 10. The zero-order chi connectivity index (χ0) is 62.6. The predicted octanol–water partition coefficient (Wildman–Crippen LogP) is 17.6. The van der Waals surface area contributed by atoms with Crippen molar-refractivity contribution >= 4 is 93.5 Å². The summed E-state index contributed by atoms with van der Waals surface area (Å²) in [5.41, 5.74) is 13.0. The maximum Gasteiger partial charge on any atom is 2.00 e. The second-order valence-corrected chi connectivity index (χ2v) is 21.3. The van der Waals surface area contributed by atoms with Crippen LogP contribution in [0.3, 0.4) is 0 Å². The van der Waals surface area contributed by atoms with E-state index < -0.39 is 24.4 Å². The first kappa shape index (κ1) is 61.3. The predicted molar refractivity (Wildman–Crippen MR) is 360 cm³/mol. The molecule has 0 aliphatic carbocycles. The number of anilines is 4. The van der Waals surface area contributed by atoms with Crippen LogP contribution in [-0.2, 0) is 64.9 Å². The Balaban J connectivity index is 0.00000832. The number of ether oxygens (including phenoxy) is 4. The number of aromatic nitrogens is 4. The molecule has 11 aromatic rings. The van der Waals surface area contributed by atoms with E-state index in [1.165, 1.54) is 0 Å².